The number of ether oxygens (including phenoxy) is 1. The Morgan fingerprint density at radius 2 is 2.26 bits per heavy atom. The third kappa shape index (κ3) is 2.93. The fourth-order valence-corrected chi connectivity index (χ4v) is 2.48. The number of aliphatic carboxylic acids is 1. The van der Waals surface area contributed by atoms with Gasteiger partial charge in [0.15, 0.2) is 0 Å². The zero-order valence-corrected chi connectivity index (χ0v) is 11.1. The Labute approximate surface area is 111 Å². The topological polar surface area (TPSA) is 93.0 Å². The van der Waals surface area contributed by atoms with Gasteiger partial charge in [0.2, 0.25) is 0 Å². The molecule has 7 heteroatoms. The van der Waals surface area contributed by atoms with Crippen LogP contribution >= 0.6 is 0 Å². The third-order valence-corrected chi connectivity index (χ3v) is 3.54. The van der Waals surface area contributed by atoms with E-state index in [0.29, 0.717) is 17.7 Å². The second-order valence-electron chi connectivity index (χ2n) is 4.39. The number of carbonyl (C=O) groups is 1. The molecule has 0 bridgehead atoms. The van der Waals surface area contributed by atoms with Crippen LogP contribution in [0.15, 0.2) is 22.6 Å². The van der Waals surface area contributed by atoms with Gasteiger partial charge in [-0.1, -0.05) is 18.2 Å². The van der Waals surface area contributed by atoms with E-state index in [4.69, 9.17) is 9.84 Å². The molecule has 0 aromatic heterocycles. The summed E-state index contributed by atoms with van der Waals surface area (Å²) in [6.45, 7) is 1.73. The zero-order valence-electron chi connectivity index (χ0n) is 10.2. The molecular weight excluding hydrogens is 270 g/mol. The highest BCUT2D eigenvalue weighted by atomic mass is 32.2. The van der Waals surface area contributed by atoms with Gasteiger partial charge in [-0.3, -0.25) is 4.79 Å². The van der Waals surface area contributed by atoms with Crippen molar-refractivity contribution < 1.29 is 23.1 Å². The fraction of sp³-hybridized carbons (Fsp3) is 0.417. The van der Waals surface area contributed by atoms with E-state index in [9.17, 15) is 13.2 Å². The number of carboxylic acid groups (broad SMARTS) is 1. The van der Waals surface area contributed by atoms with E-state index in [1.54, 1.807) is 25.1 Å². The first-order valence-electron chi connectivity index (χ1n) is 5.76. The monoisotopic (exact) mass is 283 g/mol. The van der Waals surface area contributed by atoms with Gasteiger partial charge in [0.05, 0.1) is 5.92 Å². The summed E-state index contributed by atoms with van der Waals surface area (Å²) < 4.78 is 30.1. The average molecular weight is 283 g/mol. The van der Waals surface area contributed by atoms with E-state index in [1.165, 1.54) is 0 Å². The van der Waals surface area contributed by atoms with Crippen LogP contribution in [-0.4, -0.2) is 32.1 Å². The summed E-state index contributed by atoms with van der Waals surface area (Å²) in [5, 5.41) is 9.05. The Morgan fingerprint density at radius 3 is 2.89 bits per heavy atom. The summed E-state index contributed by atoms with van der Waals surface area (Å²) in [4.78, 5) is 11.0. The summed E-state index contributed by atoms with van der Waals surface area (Å²) in [5.41, 5.74) is 1.39. The van der Waals surface area contributed by atoms with Gasteiger partial charge in [-0.05, 0) is 12.5 Å². The molecule has 0 saturated carbocycles. The lowest BCUT2D eigenvalue weighted by Crippen LogP contribution is -2.25. The minimum atomic E-state index is -2.46. The highest BCUT2D eigenvalue weighted by Gasteiger charge is 2.26. The number of carboxylic acids is 1. The summed E-state index contributed by atoms with van der Waals surface area (Å²) in [7, 11) is -2.46. The van der Waals surface area contributed by atoms with Crippen LogP contribution in [0.4, 0.5) is 0 Å². The van der Waals surface area contributed by atoms with E-state index in [-0.39, 0.29) is 6.61 Å². The lowest BCUT2D eigenvalue weighted by atomic mass is 9.93. The van der Waals surface area contributed by atoms with Crippen LogP contribution in [-0.2, 0) is 21.7 Å². The molecule has 19 heavy (non-hydrogen) atoms. The molecule has 1 aliphatic rings. The van der Waals surface area contributed by atoms with Gasteiger partial charge in [-0.2, -0.15) is 12.8 Å². The molecule has 1 aromatic carbocycles. The van der Waals surface area contributed by atoms with Crippen molar-refractivity contribution in [3.8, 4) is 5.75 Å². The van der Waals surface area contributed by atoms with Gasteiger partial charge in [0.1, 0.15) is 18.4 Å². The minimum absolute atomic E-state index is 0.143. The Balaban J connectivity index is 2.36. The average Bonchev–Trinajstić information content (AvgIpc) is 2.36. The predicted molar refractivity (Wildman–Crippen MR) is 66.8 cm³/mol. The smallest absolute Gasteiger partial charge is 0.311 e. The number of fused-ring (bicyclic) bond motifs is 1. The molecule has 0 amide bonds. The SMILES string of the molecule is CC(C(=O)O)c1cccc2c1OCC(N=S(=O)=O)C2. The van der Waals surface area contributed by atoms with Gasteiger partial charge < -0.3 is 9.84 Å². The Morgan fingerprint density at radius 1 is 1.53 bits per heavy atom. The fourth-order valence-electron chi connectivity index (χ4n) is 2.10. The summed E-state index contributed by atoms with van der Waals surface area (Å²) in [6.07, 6.45) is 0.434. The predicted octanol–water partition coefficient (Wildman–Crippen LogP) is 1.24. The lowest BCUT2D eigenvalue weighted by Gasteiger charge is -2.25. The van der Waals surface area contributed by atoms with Crippen molar-refractivity contribution in [2.45, 2.75) is 25.3 Å². The molecule has 2 rings (SSSR count). The maximum absolute atomic E-state index is 11.0. The normalized spacial score (nSPS) is 18.9. The number of hydrogen-bond donors (Lipinski definition) is 1. The van der Waals surface area contributed by atoms with Crippen molar-refractivity contribution in [2.75, 3.05) is 6.61 Å². The zero-order chi connectivity index (χ0) is 14.0. The van der Waals surface area contributed by atoms with Crippen molar-refractivity contribution >= 4 is 16.5 Å². The lowest BCUT2D eigenvalue weighted by molar-refractivity contribution is -0.138. The quantitative estimate of drug-likeness (QED) is 0.900. The van der Waals surface area contributed by atoms with Crippen LogP contribution in [0.2, 0.25) is 0 Å². The van der Waals surface area contributed by atoms with E-state index < -0.39 is 28.4 Å². The van der Waals surface area contributed by atoms with Gasteiger partial charge >= 0.3 is 16.5 Å². The first-order valence-corrected chi connectivity index (χ1v) is 6.80. The van der Waals surface area contributed by atoms with Crippen molar-refractivity contribution in [1.29, 1.82) is 0 Å². The molecule has 1 N–H and O–H groups in total. The Kier molecular flexibility index (Phi) is 3.84. The molecule has 0 saturated heterocycles. The van der Waals surface area contributed by atoms with Crippen molar-refractivity contribution in [1.82, 2.24) is 0 Å². The number of hydrogen-bond acceptors (Lipinski definition) is 5. The van der Waals surface area contributed by atoms with Crippen molar-refractivity contribution in [3.63, 3.8) is 0 Å². The molecule has 6 nitrogen and oxygen atoms in total. The van der Waals surface area contributed by atoms with Crippen LogP contribution in [0.1, 0.15) is 24.0 Å². The minimum Gasteiger partial charge on any atom is -0.491 e. The van der Waals surface area contributed by atoms with Crippen LogP contribution in [0, 0.1) is 0 Å². The third-order valence-electron chi connectivity index (χ3n) is 3.07. The van der Waals surface area contributed by atoms with E-state index in [2.05, 4.69) is 4.36 Å². The molecule has 2 unspecified atom stereocenters. The second kappa shape index (κ2) is 5.40. The van der Waals surface area contributed by atoms with Gasteiger partial charge in [-0.15, -0.1) is 0 Å². The largest absolute Gasteiger partial charge is 0.491 e. The summed E-state index contributed by atoms with van der Waals surface area (Å²) in [5.74, 6) is -1.05. The first kappa shape index (κ1) is 13.5. The van der Waals surface area contributed by atoms with E-state index in [0.717, 1.165) is 5.56 Å². The van der Waals surface area contributed by atoms with Crippen LogP contribution in [0.3, 0.4) is 0 Å². The highest BCUT2D eigenvalue weighted by Crippen LogP contribution is 2.34. The highest BCUT2D eigenvalue weighted by molar-refractivity contribution is 7.61. The van der Waals surface area contributed by atoms with Gasteiger partial charge in [0, 0.05) is 12.0 Å². The van der Waals surface area contributed by atoms with E-state index in [1.807, 2.05) is 0 Å². The molecule has 1 aliphatic heterocycles. The Bertz CT molecular complexity index is 630. The maximum atomic E-state index is 11.0. The van der Waals surface area contributed by atoms with Crippen molar-refractivity contribution in [2.24, 2.45) is 4.36 Å². The van der Waals surface area contributed by atoms with Gasteiger partial charge in [-0.25, -0.2) is 0 Å². The molecule has 0 aliphatic carbocycles. The molecule has 0 spiro atoms. The molecule has 102 valence electrons. The number of benzene rings is 1. The molecule has 1 heterocycles. The number of nitrogens with zero attached hydrogens (tertiary/aromatic N) is 1. The van der Waals surface area contributed by atoms with Crippen LogP contribution in [0.5, 0.6) is 5.75 Å². The number of para-hydroxylation sites is 1. The Hall–Kier alpha value is -1.89. The molecular formula is C12H13NO5S. The number of rotatable bonds is 3. The summed E-state index contributed by atoms with van der Waals surface area (Å²) in [6, 6.07) is 4.80. The van der Waals surface area contributed by atoms with Crippen LogP contribution in [0.25, 0.3) is 0 Å². The second-order valence-corrected chi connectivity index (χ2v) is 5.03. The molecule has 1 aromatic rings. The van der Waals surface area contributed by atoms with Gasteiger partial charge in [0.25, 0.3) is 0 Å². The maximum Gasteiger partial charge on any atom is 0.311 e. The van der Waals surface area contributed by atoms with Crippen LogP contribution < -0.4 is 4.74 Å². The molecule has 0 radical (unpaired) electrons. The molecule has 0 fully saturated rings. The van der Waals surface area contributed by atoms with E-state index >= 15 is 0 Å². The molecule has 2 atom stereocenters. The summed E-state index contributed by atoms with van der Waals surface area (Å²) >= 11 is 0. The van der Waals surface area contributed by atoms with Crippen molar-refractivity contribution in [3.05, 3.63) is 29.3 Å². The first-order chi connectivity index (χ1) is 8.99. The standard InChI is InChI=1S/C12H13NO5S/c1-7(12(14)15)10-4-2-3-8-5-9(13-19(16)17)6-18-11(8)10/h2-4,7,9H,5-6H2,1H3,(H,14,15).